The molecule has 0 saturated carbocycles. The van der Waals surface area contributed by atoms with Gasteiger partial charge in [-0.1, -0.05) is 12.1 Å². The van der Waals surface area contributed by atoms with Crippen LogP contribution in [0.2, 0.25) is 0 Å². The fourth-order valence-electron chi connectivity index (χ4n) is 2.48. The maximum Gasteiger partial charge on any atom is 0.222 e. The summed E-state index contributed by atoms with van der Waals surface area (Å²) < 4.78 is 5.19. The summed E-state index contributed by atoms with van der Waals surface area (Å²) in [6, 6.07) is 0. The number of carbonyl (C=O) groups excluding carboxylic acids is 1. The summed E-state index contributed by atoms with van der Waals surface area (Å²) in [5.41, 5.74) is 2.16. The molecule has 1 amide bonds. The fourth-order valence-corrected chi connectivity index (χ4v) is 2.48. The van der Waals surface area contributed by atoms with Crippen LogP contribution >= 0.6 is 0 Å². The molecule has 0 atom stereocenters. The molecule has 0 radical (unpaired) electrons. The molecule has 0 bridgehead atoms. The standard InChI is InChI=1S/C14H23N3O2/c1-4-5-14(18)17-8-6-16(7-9-17)10-13-11(2)15-19-12(13)3/h4-10H2,1-3H3. The Morgan fingerprint density at radius 3 is 2.47 bits per heavy atom. The molecule has 5 heteroatoms. The molecular formula is C14H23N3O2. The number of aromatic nitrogens is 1. The zero-order valence-electron chi connectivity index (χ0n) is 12.1. The minimum atomic E-state index is 0.291. The molecule has 2 rings (SSSR count). The molecule has 0 aromatic carbocycles. The topological polar surface area (TPSA) is 49.6 Å². The van der Waals surface area contributed by atoms with Crippen LogP contribution in [-0.2, 0) is 11.3 Å². The van der Waals surface area contributed by atoms with Gasteiger partial charge in [-0.2, -0.15) is 0 Å². The van der Waals surface area contributed by atoms with E-state index in [0.29, 0.717) is 12.3 Å². The number of aryl methyl sites for hydroxylation is 2. The molecule has 1 saturated heterocycles. The smallest absolute Gasteiger partial charge is 0.222 e. The third kappa shape index (κ3) is 3.35. The van der Waals surface area contributed by atoms with Gasteiger partial charge in [0.25, 0.3) is 0 Å². The molecule has 5 nitrogen and oxygen atoms in total. The summed E-state index contributed by atoms with van der Waals surface area (Å²) in [4.78, 5) is 16.2. The van der Waals surface area contributed by atoms with E-state index in [4.69, 9.17) is 4.52 Å². The second-order valence-corrected chi connectivity index (χ2v) is 5.21. The van der Waals surface area contributed by atoms with E-state index in [1.165, 1.54) is 5.56 Å². The molecule has 0 unspecified atom stereocenters. The first-order valence-electron chi connectivity index (χ1n) is 7.03. The van der Waals surface area contributed by atoms with Crippen molar-refractivity contribution < 1.29 is 9.32 Å². The predicted octanol–water partition coefficient (Wildman–Crippen LogP) is 1.74. The zero-order chi connectivity index (χ0) is 13.8. The summed E-state index contributed by atoms with van der Waals surface area (Å²) in [6.45, 7) is 10.4. The first-order valence-corrected chi connectivity index (χ1v) is 7.03. The molecule has 1 aromatic rings. The molecule has 1 aliphatic heterocycles. The van der Waals surface area contributed by atoms with Gasteiger partial charge >= 0.3 is 0 Å². The molecule has 1 aliphatic rings. The van der Waals surface area contributed by atoms with Crippen LogP contribution in [-0.4, -0.2) is 47.0 Å². The number of rotatable bonds is 4. The molecule has 1 aromatic heterocycles. The van der Waals surface area contributed by atoms with E-state index in [1.807, 2.05) is 25.7 Å². The van der Waals surface area contributed by atoms with Gasteiger partial charge in [0, 0.05) is 44.7 Å². The summed E-state index contributed by atoms with van der Waals surface area (Å²) in [5.74, 6) is 1.20. The summed E-state index contributed by atoms with van der Waals surface area (Å²) in [5, 5.41) is 3.98. The maximum absolute atomic E-state index is 11.8. The maximum atomic E-state index is 11.8. The Morgan fingerprint density at radius 1 is 1.26 bits per heavy atom. The van der Waals surface area contributed by atoms with E-state index < -0.39 is 0 Å². The van der Waals surface area contributed by atoms with Gasteiger partial charge in [-0.3, -0.25) is 9.69 Å². The lowest BCUT2D eigenvalue weighted by molar-refractivity contribution is -0.133. The molecule has 0 spiro atoms. The quantitative estimate of drug-likeness (QED) is 0.832. The Morgan fingerprint density at radius 2 is 1.95 bits per heavy atom. The number of amides is 1. The van der Waals surface area contributed by atoms with Gasteiger partial charge in [-0.25, -0.2) is 0 Å². The third-order valence-electron chi connectivity index (χ3n) is 3.75. The van der Waals surface area contributed by atoms with Crippen LogP contribution in [0.15, 0.2) is 4.52 Å². The summed E-state index contributed by atoms with van der Waals surface area (Å²) in [6.07, 6.45) is 1.60. The largest absolute Gasteiger partial charge is 0.361 e. The van der Waals surface area contributed by atoms with E-state index >= 15 is 0 Å². The van der Waals surface area contributed by atoms with Crippen molar-refractivity contribution in [3.63, 3.8) is 0 Å². The normalized spacial score (nSPS) is 16.9. The first-order chi connectivity index (χ1) is 9.11. The van der Waals surface area contributed by atoms with E-state index in [0.717, 1.165) is 50.6 Å². The lowest BCUT2D eigenvalue weighted by atomic mass is 10.1. The van der Waals surface area contributed by atoms with Gasteiger partial charge in [-0.05, 0) is 20.3 Å². The Bertz CT molecular complexity index is 414. The monoisotopic (exact) mass is 265 g/mol. The third-order valence-corrected chi connectivity index (χ3v) is 3.75. The highest BCUT2D eigenvalue weighted by atomic mass is 16.5. The fraction of sp³-hybridized carbons (Fsp3) is 0.714. The van der Waals surface area contributed by atoms with Crippen LogP contribution < -0.4 is 0 Å². The van der Waals surface area contributed by atoms with Crippen molar-refractivity contribution in [3.8, 4) is 0 Å². The summed E-state index contributed by atoms with van der Waals surface area (Å²) in [7, 11) is 0. The van der Waals surface area contributed by atoms with Crippen LogP contribution in [0, 0.1) is 13.8 Å². The number of hydrogen-bond donors (Lipinski definition) is 0. The van der Waals surface area contributed by atoms with Crippen LogP contribution in [0.5, 0.6) is 0 Å². The van der Waals surface area contributed by atoms with Crippen molar-refractivity contribution in [3.05, 3.63) is 17.0 Å². The highest BCUT2D eigenvalue weighted by Crippen LogP contribution is 2.16. The molecule has 2 heterocycles. The van der Waals surface area contributed by atoms with Gasteiger partial charge < -0.3 is 9.42 Å². The van der Waals surface area contributed by atoms with E-state index in [1.54, 1.807) is 0 Å². The zero-order valence-corrected chi connectivity index (χ0v) is 12.1. The molecular weight excluding hydrogens is 242 g/mol. The lowest BCUT2D eigenvalue weighted by Crippen LogP contribution is -2.48. The summed E-state index contributed by atoms with van der Waals surface area (Å²) >= 11 is 0. The predicted molar refractivity (Wildman–Crippen MR) is 72.7 cm³/mol. The second-order valence-electron chi connectivity index (χ2n) is 5.21. The molecule has 19 heavy (non-hydrogen) atoms. The van der Waals surface area contributed by atoms with E-state index in [2.05, 4.69) is 10.1 Å². The second kappa shape index (κ2) is 6.19. The van der Waals surface area contributed by atoms with Crippen molar-refractivity contribution in [2.75, 3.05) is 26.2 Å². The number of piperazine rings is 1. The van der Waals surface area contributed by atoms with Gasteiger partial charge in [0.05, 0.1) is 5.69 Å². The Kier molecular flexibility index (Phi) is 4.58. The van der Waals surface area contributed by atoms with Crippen LogP contribution in [0.3, 0.4) is 0 Å². The molecule has 0 aliphatic carbocycles. The van der Waals surface area contributed by atoms with Crippen molar-refractivity contribution in [1.82, 2.24) is 15.0 Å². The number of carbonyl (C=O) groups is 1. The number of hydrogen-bond acceptors (Lipinski definition) is 4. The van der Waals surface area contributed by atoms with E-state index in [-0.39, 0.29) is 0 Å². The number of nitrogens with zero attached hydrogens (tertiary/aromatic N) is 3. The Hall–Kier alpha value is -1.36. The lowest BCUT2D eigenvalue weighted by Gasteiger charge is -2.34. The molecule has 1 fully saturated rings. The molecule has 0 N–H and O–H groups in total. The minimum Gasteiger partial charge on any atom is -0.361 e. The SMILES string of the molecule is CCCC(=O)N1CCN(Cc2c(C)noc2C)CC1. The van der Waals surface area contributed by atoms with Crippen molar-refractivity contribution in [2.45, 2.75) is 40.2 Å². The Balaban J connectivity index is 1.85. The van der Waals surface area contributed by atoms with Crippen LogP contribution in [0.4, 0.5) is 0 Å². The van der Waals surface area contributed by atoms with Gasteiger partial charge in [0.1, 0.15) is 5.76 Å². The average molecular weight is 265 g/mol. The van der Waals surface area contributed by atoms with Gasteiger partial charge in [0.2, 0.25) is 5.91 Å². The van der Waals surface area contributed by atoms with Gasteiger partial charge in [0.15, 0.2) is 0 Å². The average Bonchev–Trinajstić information content (AvgIpc) is 2.72. The van der Waals surface area contributed by atoms with E-state index in [9.17, 15) is 4.79 Å². The highest BCUT2D eigenvalue weighted by molar-refractivity contribution is 5.76. The van der Waals surface area contributed by atoms with Crippen molar-refractivity contribution >= 4 is 5.91 Å². The first kappa shape index (κ1) is 14.1. The highest BCUT2D eigenvalue weighted by Gasteiger charge is 2.22. The molecule has 106 valence electrons. The van der Waals surface area contributed by atoms with Gasteiger partial charge in [-0.15, -0.1) is 0 Å². The van der Waals surface area contributed by atoms with Crippen LogP contribution in [0.1, 0.15) is 36.8 Å². The van der Waals surface area contributed by atoms with Crippen LogP contribution in [0.25, 0.3) is 0 Å². The Labute approximate surface area is 114 Å². The minimum absolute atomic E-state index is 0.291. The van der Waals surface area contributed by atoms with Crippen molar-refractivity contribution in [1.29, 1.82) is 0 Å². The van der Waals surface area contributed by atoms with Crippen molar-refractivity contribution in [2.24, 2.45) is 0 Å².